The lowest BCUT2D eigenvalue weighted by molar-refractivity contribution is 0.397. The van der Waals surface area contributed by atoms with Crippen LogP contribution in [0.4, 0.5) is 0 Å². The maximum absolute atomic E-state index is 12.3. The third-order valence-electron chi connectivity index (χ3n) is 3.63. The fourth-order valence-corrected chi connectivity index (χ4v) is 2.62. The van der Waals surface area contributed by atoms with Crippen molar-refractivity contribution in [1.29, 1.82) is 0 Å². The molecule has 0 amide bonds. The average molecular weight is 300 g/mol. The summed E-state index contributed by atoms with van der Waals surface area (Å²) in [7, 11) is 4.68. The summed E-state index contributed by atoms with van der Waals surface area (Å²) in [4.78, 5) is 12.3. The number of hydrogen-bond donors (Lipinski definition) is 0. The number of fused-ring (bicyclic) bond motifs is 3. The van der Waals surface area contributed by atoms with E-state index in [0.717, 1.165) is 10.8 Å². The number of rotatable bonds is 3. The van der Waals surface area contributed by atoms with Gasteiger partial charge in [0, 0.05) is 22.9 Å². The van der Waals surface area contributed by atoms with Gasteiger partial charge in [0.2, 0.25) is 0 Å². The van der Waals surface area contributed by atoms with Crippen molar-refractivity contribution in [2.24, 2.45) is 0 Å². The summed E-state index contributed by atoms with van der Waals surface area (Å²) in [5, 5.41) is 1.95. The van der Waals surface area contributed by atoms with Gasteiger partial charge in [-0.15, -0.1) is 0 Å². The van der Waals surface area contributed by atoms with Gasteiger partial charge in [0.25, 0.3) is 0 Å². The molecule has 0 aliphatic rings. The van der Waals surface area contributed by atoms with Gasteiger partial charge < -0.3 is 18.6 Å². The van der Waals surface area contributed by atoms with Crippen molar-refractivity contribution in [1.82, 2.24) is 0 Å². The predicted octanol–water partition coefficient (Wildman–Crippen LogP) is 3.28. The summed E-state index contributed by atoms with van der Waals surface area (Å²) in [6.07, 6.45) is 0. The van der Waals surface area contributed by atoms with Gasteiger partial charge in [-0.25, -0.2) is 0 Å². The first-order chi connectivity index (χ1) is 10.6. The second kappa shape index (κ2) is 5.26. The van der Waals surface area contributed by atoms with E-state index in [1.807, 2.05) is 6.07 Å². The molecule has 1 aromatic heterocycles. The fourth-order valence-electron chi connectivity index (χ4n) is 2.62. The lowest BCUT2D eigenvalue weighted by atomic mass is 10.0. The van der Waals surface area contributed by atoms with Crippen molar-refractivity contribution < 1.29 is 18.6 Å². The maximum Gasteiger partial charge on any atom is 0.196 e. The normalized spacial score (nSPS) is 10.9. The molecule has 0 spiro atoms. The predicted molar refractivity (Wildman–Crippen MR) is 84.4 cm³/mol. The Balaban J connectivity index is 2.61. The van der Waals surface area contributed by atoms with E-state index in [4.69, 9.17) is 18.6 Å². The van der Waals surface area contributed by atoms with Crippen LogP contribution >= 0.6 is 0 Å². The molecule has 5 nitrogen and oxygen atoms in total. The van der Waals surface area contributed by atoms with Crippen LogP contribution in [0.25, 0.3) is 21.7 Å². The second-order valence-electron chi connectivity index (χ2n) is 4.93. The zero-order valence-electron chi connectivity index (χ0n) is 12.9. The molecule has 114 valence electrons. The highest BCUT2D eigenvalue weighted by Gasteiger charge is 2.17. The van der Waals surface area contributed by atoms with Crippen molar-refractivity contribution in [2.75, 3.05) is 21.3 Å². The Morgan fingerprint density at radius 1 is 0.864 bits per heavy atom. The van der Waals surface area contributed by atoms with E-state index in [9.17, 15) is 4.79 Å². The number of benzene rings is 2. The lowest BCUT2D eigenvalue weighted by Crippen LogP contribution is -2.03. The molecular formula is C17H16O5. The molecular weight excluding hydrogens is 284 g/mol. The largest absolute Gasteiger partial charge is 0.497 e. The van der Waals surface area contributed by atoms with Crippen LogP contribution in [0.3, 0.4) is 0 Å². The van der Waals surface area contributed by atoms with Crippen molar-refractivity contribution in [3.05, 3.63) is 40.2 Å². The Bertz CT molecular complexity index is 924. The zero-order valence-corrected chi connectivity index (χ0v) is 12.9. The molecule has 0 saturated heterocycles. The van der Waals surface area contributed by atoms with Gasteiger partial charge in [-0.3, -0.25) is 4.79 Å². The Morgan fingerprint density at radius 2 is 1.59 bits per heavy atom. The molecule has 2 aromatic carbocycles. The molecule has 0 N–H and O–H groups in total. The van der Waals surface area contributed by atoms with Gasteiger partial charge in [-0.1, -0.05) is 0 Å². The van der Waals surface area contributed by atoms with E-state index in [1.54, 1.807) is 33.3 Å². The van der Waals surface area contributed by atoms with Crippen LogP contribution < -0.4 is 19.6 Å². The molecule has 0 unspecified atom stereocenters. The molecule has 0 radical (unpaired) electrons. The second-order valence-corrected chi connectivity index (χ2v) is 4.93. The average Bonchev–Trinajstić information content (AvgIpc) is 2.52. The van der Waals surface area contributed by atoms with Crippen molar-refractivity contribution in [2.45, 2.75) is 6.92 Å². The van der Waals surface area contributed by atoms with Gasteiger partial charge in [0.1, 0.15) is 34.0 Å². The molecule has 0 aliphatic carbocycles. The van der Waals surface area contributed by atoms with Crippen LogP contribution in [-0.2, 0) is 0 Å². The zero-order chi connectivity index (χ0) is 15.9. The number of aryl methyl sites for hydroxylation is 1. The summed E-state index contributed by atoms with van der Waals surface area (Å²) in [5.74, 6) is 2.24. The molecule has 3 aromatic rings. The first-order valence-electron chi connectivity index (χ1n) is 6.76. The fraction of sp³-hybridized carbons (Fsp3) is 0.235. The van der Waals surface area contributed by atoms with E-state index < -0.39 is 0 Å². The standard InChI is InChI=1S/C17H16O5/c1-9-5-13(18)16-15(21-4)8-11-12(17(16)22-9)6-10(19-2)7-14(11)20-3/h5-8H,1-4H3. The van der Waals surface area contributed by atoms with E-state index in [-0.39, 0.29) is 5.43 Å². The molecule has 0 atom stereocenters. The van der Waals surface area contributed by atoms with Crippen molar-refractivity contribution in [3.8, 4) is 17.2 Å². The van der Waals surface area contributed by atoms with E-state index >= 15 is 0 Å². The minimum Gasteiger partial charge on any atom is -0.497 e. The molecule has 0 saturated carbocycles. The summed E-state index contributed by atoms with van der Waals surface area (Å²) in [5.41, 5.74) is 0.329. The number of ether oxygens (including phenoxy) is 3. The maximum atomic E-state index is 12.3. The Kier molecular flexibility index (Phi) is 3.41. The number of hydrogen-bond acceptors (Lipinski definition) is 5. The SMILES string of the molecule is COc1cc(OC)c2cc(OC)c3c(=O)cc(C)oc3c2c1. The van der Waals surface area contributed by atoms with E-state index in [2.05, 4.69) is 0 Å². The topological polar surface area (TPSA) is 57.9 Å². The van der Waals surface area contributed by atoms with Crippen LogP contribution in [0.2, 0.25) is 0 Å². The number of methoxy groups -OCH3 is 3. The summed E-state index contributed by atoms with van der Waals surface area (Å²) in [6.45, 7) is 1.74. The molecule has 0 aliphatic heterocycles. The monoisotopic (exact) mass is 300 g/mol. The third-order valence-corrected chi connectivity index (χ3v) is 3.63. The van der Waals surface area contributed by atoms with Gasteiger partial charge in [-0.05, 0) is 19.1 Å². The quantitative estimate of drug-likeness (QED) is 0.695. The first-order valence-corrected chi connectivity index (χ1v) is 6.76. The van der Waals surface area contributed by atoms with Crippen LogP contribution in [-0.4, -0.2) is 21.3 Å². The van der Waals surface area contributed by atoms with Crippen LogP contribution in [0.1, 0.15) is 5.76 Å². The highest BCUT2D eigenvalue weighted by atomic mass is 16.5. The lowest BCUT2D eigenvalue weighted by Gasteiger charge is -2.13. The van der Waals surface area contributed by atoms with Gasteiger partial charge in [0.05, 0.1) is 21.3 Å². The third kappa shape index (κ3) is 2.06. The first kappa shape index (κ1) is 14.3. The van der Waals surface area contributed by atoms with Gasteiger partial charge in [-0.2, -0.15) is 0 Å². The summed E-state index contributed by atoms with van der Waals surface area (Å²) in [6, 6.07) is 6.83. The molecule has 1 heterocycles. The highest BCUT2D eigenvalue weighted by Crippen LogP contribution is 2.39. The smallest absolute Gasteiger partial charge is 0.196 e. The Labute approximate surface area is 127 Å². The summed E-state index contributed by atoms with van der Waals surface area (Å²) >= 11 is 0. The van der Waals surface area contributed by atoms with E-state index in [1.165, 1.54) is 13.2 Å². The minimum atomic E-state index is -0.140. The van der Waals surface area contributed by atoms with E-state index in [0.29, 0.717) is 34.0 Å². The minimum absolute atomic E-state index is 0.140. The van der Waals surface area contributed by atoms with Crippen molar-refractivity contribution >= 4 is 21.7 Å². The van der Waals surface area contributed by atoms with Gasteiger partial charge in [0.15, 0.2) is 5.43 Å². The molecule has 3 rings (SSSR count). The Morgan fingerprint density at radius 3 is 2.23 bits per heavy atom. The highest BCUT2D eigenvalue weighted by molar-refractivity contribution is 6.09. The molecule has 5 heteroatoms. The van der Waals surface area contributed by atoms with Crippen molar-refractivity contribution in [3.63, 3.8) is 0 Å². The van der Waals surface area contributed by atoms with Crippen LogP contribution in [0.15, 0.2) is 33.5 Å². The Hall–Kier alpha value is -2.69. The summed E-state index contributed by atoms with van der Waals surface area (Å²) < 4.78 is 21.9. The molecule has 0 bridgehead atoms. The van der Waals surface area contributed by atoms with Crippen LogP contribution in [0.5, 0.6) is 17.2 Å². The van der Waals surface area contributed by atoms with Gasteiger partial charge >= 0.3 is 0 Å². The van der Waals surface area contributed by atoms with Crippen LogP contribution in [0, 0.1) is 6.92 Å². The molecule has 22 heavy (non-hydrogen) atoms. The molecule has 0 fully saturated rings.